The van der Waals surface area contributed by atoms with E-state index in [1.807, 2.05) is 17.9 Å². The number of rotatable bonds is 5. The lowest BCUT2D eigenvalue weighted by Gasteiger charge is -2.30. The normalized spacial score (nSPS) is 23.2. The number of likely N-dealkylation sites (tertiary alicyclic amines) is 1. The largest absolute Gasteiger partial charge is 0.338 e. The maximum absolute atomic E-state index is 11.8. The number of amides is 1. The lowest BCUT2D eigenvalue weighted by Crippen LogP contribution is -2.43. The van der Waals surface area contributed by atoms with E-state index in [4.69, 9.17) is 0 Å². The Hall–Kier alpha value is -1.43. The quantitative estimate of drug-likeness (QED) is 0.798. The Balaban J connectivity index is 1.63. The summed E-state index contributed by atoms with van der Waals surface area (Å²) in [5.41, 5.74) is 1.14. The van der Waals surface area contributed by atoms with Gasteiger partial charge in [0.1, 0.15) is 0 Å². The zero-order valence-electron chi connectivity index (χ0n) is 12.3. The zero-order valence-corrected chi connectivity index (χ0v) is 12.3. The molecule has 2 aliphatic rings. The molecule has 1 aromatic rings. The molecule has 20 heavy (non-hydrogen) atoms. The van der Waals surface area contributed by atoms with E-state index in [0.29, 0.717) is 12.1 Å². The van der Waals surface area contributed by atoms with Crippen molar-refractivity contribution in [2.45, 2.75) is 51.2 Å². The summed E-state index contributed by atoms with van der Waals surface area (Å²) in [5, 5.41) is 7.92. The van der Waals surface area contributed by atoms with Gasteiger partial charge in [-0.05, 0) is 32.2 Å². The van der Waals surface area contributed by atoms with Crippen LogP contribution in [-0.4, -0.2) is 55.9 Å². The molecule has 0 unspecified atom stereocenters. The van der Waals surface area contributed by atoms with E-state index in [1.165, 1.54) is 25.7 Å². The molecule has 1 saturated heterocycles. The molecule has 1 saturated carbocycles. The molecule has 6 heteroatoms. The van der Waals surface area contributed by atoms with Gasteiger partial charge in [0.15, 0.2) is 0 Å². The molecule has 1 atom stereocenters. The van der Waals surface area contributed by atoms with Crippen LogP contribution in [0.15, 0.2) is 6.20 Å². The van der Waals surface area contributed by atoms with Gasteiger partial charge in [0, 0.05) is 39.1 Å². The molecule has 6 nitrogen and oxygen atoms in total. The highest BCUT2D eigenvalue weighted by Gasteiger charge is 2.35. The topological polar surface area (TPSA) is 54.3 Å². The molecule has 2 fully saturated rings. The Morgan fingerprint density at radius 3 is 2.85 bits per heavy atom. The highest BCUT2D eigenvalue weighted by molar-refractivity contribution is 5.74. The van der Waals surface area contributed by atoms with Gasteiger partial charge in [-0.1, -0.05) is 5.21 Å². The Morgan fingerprint density at radius 2 is 2.25 bits per heavy atom. The second-order valence-electron chi connectivity index (χ2n) is 6.02. The molecule has 0 N–H and O–H groups in total. The van der Waals surface area contributed by atoms with Gasteiger partial charge in [0.25, 0.3) is 0 Å². The third-order valence-corrected chi connectivity index (χ3v) is 4.47. The monoisotopic (exact) mass is 277 g/mol. The fourth-order valence-corrected chi connectivity index (χ4v) is 3.12. The molecular weight excluding hydrogens is 254 g/mol. The second-order valence-corrected chi connectivity index (χ2v) is 6.02. The summed E-state index contributed by atoms with van der Waals surface area (Å²) in [7, 11) is 1.93. The Morgan fingerprint density at radius 1 is 1.45 bits per heavy atom. The number of hydrogen-bond acceptors (Lipinski definition) is 4. The SMILES string of the molecule is CC(=O)N(C[C@H]1CCCN1Cc1cnnn1C)C1CC1. The number of nitrogens with zero attached hydrogens (tertiary/aromatic N) is 5. The van der Waals surface area contributed by atoms with Crippen LogP contribution in [0, 0.1) is 0 Å². The van der Waals surface area contributed by atoms with Gasteiger partial charge in [0.2, 0.25) is 5.91 Å². The number of aromatic nitrogens is 3. The minimum Gasteiger partial charge on any atom is -0.338 e. The van der Waals surface area contributed by atoms with Crippen LogP contribution in [0.3, 0.4) is 0 Å². The predicted molar refractivity (Wildman–Crippen MR) is 74.8 cm³/mol. The van der Waals surface area contributed by atoms with E-state index >= 15 is 0 Å². The average Bonchev–Trinajstić information content (AvgIpc) is 3.03. The second kappa shape index (κ2) is 5.52. The van der Waals surface area contributed by atoms with E-state index in [0.717, 1.165) is 25.3 Å². The standard InChI is InChI=1S/C14H23N5O/c1-11(20)19(12-5-6-12)10-13-4-3-7-18(13)9-14-8-15-16-17(14)2/h8,12-13H,3-7,9-10H2,1-2H3/t13-/m1/s1. The molecule has 0 bridgehead atoms. The first-order chi connectivity index (χ1) is 9.65. The summed E-state index contributed by atoms with van der Waals surface area (Å²) in [5.74, 6) is 0.224. The lowest BCUT2D eigenvalue weighted by atomic mass is 10.2. The summed E-state index contributed by atoms with van der Waals surface area (Å²) in [6.07, 6.45) is 6.59. The lowest BCUT2D eigenvalue weighted by molar-refractivity contribution is -0.130. The highest BCUT2D eigenvalue weighted by Crippen LogP contribution is 2.29. The molecule has 0 radical (unpaired) electrons. The van der Waals surface area contributed by atoms with E-state index < -0.39 is 0 Å². The van der Waals surface area contributed by atoms with Crippen LogP contribution in [-0.2, 0) is 18.4 Å². The van der Waals surface area contributed by atoms with Crippen molar-refractivity contribution in [3.63, 3.8) is 0 Å². The van der Waals surface area contributed by atoms with Crippen LogP contribution in [0.25, 0.3) is 0 Å². The van der Waals surface area contributed by atoms with Gasteiger partial charge < -0.3 is 4.90 Å². The zero-order chi connectivity index (χ0) is 14.1. The molecule has 1 amide bonds. The molecule has 0 aromatic carbocycles. The molecule has 0 spiro atoms. The molecular formula is C14H23N5O. The van der Waals surface area contributed by atoms with Crippen molar-refractivity contribution in [2.24, 2.45) is 7.05 Å². The molecule has 3 rings (SSSR count). The van der Waals surface area contributed by atoms with Crippen molar-refractivity contribution < 1.29 is 4.79 Å². The minimum atomic E-state index is 0.224. The fraction of sp³-hybridized carbons (Fsp3) is 0.786. The third kappa shape index (κ3) is 2.85. The predicted octanol–water partition coefficient (Wildman–Crippen LogP) is 0.790. The van der Waals surface area contributed by atoms with E-state index in [1.54, 1.807) is 6.92 Å². The van der Waals surface area contributed by atoms with E-state index in [2.05, 4.69) is 20.1 Å². The van der Waals surface area contributed by atoms with Gasteiger partial charge in [-0.2, -0.15) is 0 Å². The van der Waals surface area contributed by atoms with Crippen molar-refractivity contribution in [3.05, 3.63) is 11.9 Å². The summed E-state index contributed by atoms with van der Waals surface area (Å²) in [6.45, 7) is 4.56. The van der Waals surface area contributed by atoms with Crippen molar-refractivity contribution in [1.82, 2.24) is 24.8 Å². The number of hydrogen-bond donors (Lipinski definition) is 0. The maximum atomic E-state index is 11.8. The van der Waals surface area contributed by atoms with Crippen molar-refractivity contribution in [2.75, 3.05) is 13.1 Å². The summed E-state index contributed by atoms with van der Waals surface area (Å²) < 4.78 is 1.83. The van der Waals surface area contributed by atoms with E-state index in [-0.39, 0.29) is 5.91 Å². The Labute approximate surface area is 119 Å². The third-order valence-electron chi connectivity index (χ3n) is 4.47. The minimum absolute atomic E-state index is 0.224. The Kier molecular flexibility index (Phi) is 3.74. The van der Waals surface area contributed by atoms with Crippen LogP contribution >= 0.6 is 0 Å². The highest BCUT2D eigenvalue weighted by atomic mass is 16.2. The molecule has 2 heterocycles. The molecule has 1 aromatic heterocycles. The summed E-state index contributed by atoms with van der Waals surface area (Å²) in [6, 6.07) is 0.989. The summed E-state index contributed by atoms with van der Waals surface area (Å²) >= 11 is 0. The first-order valence-corrected chi connectivity index (χ1v) is 7.50. The first-order valence-electron chi connectivity index (χ1n) is 7.50. The van der Waals surface area contributed by atoms with Crippen LogP contribution in [0.5, 0.6) is 0 Å². The number of carbonyl (C=O) groups excluding carboxylic acids is 1. The van der Waals surface area contributed by atoms with Crippen LogP contribution in [0.2, 0.25) is 0 Å². The Bertz CT molecular complexity index is 482. The van der Waals surface area contributed by atoms with Gasteiger partial charge in [-0.15, -0.1) is 5.10 Å². The van der Waals surface area contributed by atoms with Gasteiger partial charge in [0.05, 0.1) is 11.9 Å². The van der Waals surface area contributed by atoms with Crippen molar-refractivity contribution >= 4 is 5.91 Å². The van der Waals surface area contributed by atoms with Crippen LogP contribution in [0.1, 0.15) is 38.3 Å². The van der Waals surface area contributed by atoms with Gasteiger partial charge in [-0.3, -0.25) is 14.4 Å². The summed E-state index contributed by atoms with van der Waals surface area (Å²) in [4.78, 5) is 16.3. The molecule has 1 aliphatic heterocycles. The van der Waals surface area contributed by atoms with Crippen LogP contribution < -0.4 is 0 Å². The van der Waals surface area contributed by atoms with Gasteiger partial charge in [-0.25, -0.2) is 0 Å². The van der Waals surface area contributed by atoms with E-state index in [9.17, 15) is 4.79 Å². The maximum Gasteiger partial charge on any atom is 0.219 e. The van der Waals surface area contributed by atoms with Crippen molar-refractivity contribution in [3.8, 4) is 0 Å². The first kappa shape index (κ1) is 13.5. The molecule has 110 valence electrons. The number of carbonyl (C=O) groups is 1. The smallest absolute Gasteiger partial charge is 0.219 e. The average molecular weight is 277 g/mol. The number of aryl methyl sites for hydroxylation is 1. The van der Waals surface area contributed by atoms with Crippen molar-refractivity contribution in [1.29, 1.82) is 0 Å². The van der Waals surface area contributed by atoms with Crippen LogP contribution in [0.4, 0.5) is 0 Å². The van der Waals surface area contributed by atoms with Gasteiger partial charge >= 0.3 is 0 Å². The molecule has 1 aliphatic carbocycles. The fourth-order valence-electron chi connectivity index (χ4n) is 3.12.